The molecule has 5 rings (SSSR count). The van der Waals surface area contributed by atoms with Gasteiger partial charge in [0.2, 0.25) is 5.95 Å². The van der Waals surface area contributed by atoms with E-state index in [4.69, 9.17) is 10.7 Å². The molecular weight excluding hydrogens is 468 g/mol. The zero-order chi connectivity index (χ0) is 25.9. The Morgan fingerprint density at radius 2 is 1.95 bits per heavy atom. The summed E-state index contributed by atoms with van der Waals surface area (Å²) in [5.74, 6) is 6.50. The second kappa shape index (κ2) is 10.1. The Balaban J connectivity index is 1.84. The number of pyridine rings is 1. The second-order valence-electron chi connectivity index (χ2n) is 8.91. The molecule has 10 nitrogen and oxygen atoms in total. The quantitative estimate of drug-likeness (QED) is 0.418. The van der Waals surface area contributed by atoms with Gasteiger partial charge in [-0.3, -0.25) is 13.9 Å². The molecule has 0 amide bonds. The smallest absolute Gasteiger partial charge is 0.337 e. The van der Waals surface area contributed by atoms with E-state index in [0.29, 0.717) is 23.7 Å². The van der Waals surface area contributed by atoms with Gasteiger partial charge in [0.05, 0.1) is 18.8 Å². The predicted molar refractivity (Wildman–Crippen MR) is 141 cm³/mol. The van der Waals surface area contributed by atoms with Crippen LogP contribution in [0, 0.1) is 23.2 Å². The van der Waals surface area contributed by atoms with Gasteiger partial charge in [0.25, 0.3) is 5.56 Å². The minimum atomic E-state index is -0.551. The maximum absolute atomic E-state index is 14.0. The number of nitrogens with two attached hydrogens (primary N) is 1. The highest BCUT2D eigenvalue weighted by molar-refractivity contribution is 5.77. The third kappa shape index (κ3) is 4.39. The molecule has 1 unspecified atom stereocenters. The molecule has 1 atom stereocenters. The molecule has 2 N–H and O–H groups in total. The summed E-state index contributed by atoms with van der Waals surface area (Å²) in [6.07, 6.45) is 3.32. The molecule has 0 bridgehead atoms. The molecule has 0 aliphatic carbocycles. The molecule has 1 fully saturated rings. The van der Waals surface area contributed by atoms with E-state index in [1.54, 1.807) is 35.8 Å². The third-order valence-electron chi connectivity index (χ3n) is 6.51. The van der Waals surface area contributed by atoms with E-state index in [1.807, 2.05) is 24.3 Å². The van der Waals surface area contributed by atoms with Gasteiger partial charge < -0.3 is 10.6 Å². The molecule has 0 saturated carbocycles. The van der Waals surface area contributed by atoms with Crippen molar-refractivity contribution in [3.05, 3.63) is 80.8 Å². The number of anilines is 1. The van der Waals surface area contributed by atoms with Gasteiger partial charge in [-0.2, -0.15) is 10.2 Å². The van der Waals surface area contributed by atoms with Crippen molar-refractivity contribution in [2.45, 2.75) is 38.9 Å². The normalized spacial score (nSPS) is 15.3. The molecule has 186 valence electrons. The molecular formula is C27H26N8O2. The zero-order valence-corrected chi connectivity index (χ0v) is 20.5. The first-order valence-electron chi connectivity index (χ1n) is 12.1. The van der Waals surface area contributed by atoms with Crippen molar-refractivity contribution in [2.24, 2.45) is 5.73 Å². The SMILES string of the molecule is CC#CCn1c(N2CCCC(N)C2)nc2c1c(=O)n(Cc1cccnc1C#N)c(=O)n2-c1ccccc1. The lowest BCUT2D eigenvalue weighted by molar-refractivity contribution is 0.496. The number of hydrogen-bond acceptors (Lipinski definition) is 7. The van der Waals surface area contributed by atoms with Gasteiger partial charge in [0.1, 0.15) is 11.8 Å². The lowest BCUT2D eigenvalue weighted by atomic mass is 10.1. The van der Waals surface area contributed by atoms with Crippen molar-refractivity contribution in [3.8, 4) is 23.6 Å². The third-order valence-corrected chi connectivity index (χ3v) is 6.51. The van der Waals surface area contributed by atoms with Crippen LogP contribution in [0.1, 0.15) is 31.0 Å². The number of piperidine rings is 1. The summed E-state index contributed by atoms with van der Waals surface area (Å²) >= 11 is 0. The minimum Gasteiger partial charge on any atom is -0.341 e. The van der Waals surface area contributed by atoms with Crippen LogP contribution in [-0.2, 0) is 13.1 Å². The van der Waals surface area contributed by atoms with Crippen LogP contribution in [-0.4, -0.2) is 42.8 Å². The van der Waals surface area contributed by atoms with E-state index < -0.39 is 11.2 Å². The summed E-state index contributed by atoms with van der Waals surface area (Å²) in [4.78, 5) is 38.9. The molecule has 1 aliphatic heterocycles. The van der Waals surface area contributed by atoms with Crippen LogP contribution in [0.15, 0.2) is 58.3 Å². The maximum atomic E-state index is 14.0. The van der Waals surface area contributed by atoms with Crippen LogP contribution < -0.4 is 21.9 Å². The summed E-state index contributed by atoms with van der Waals surface area (Å²) in [6.45, 7) is 3.19. The van der Waals surface area contributed by atoms with Crippen LogP contribution in [0.2, 0.25) is 0 Å². The summed E-state index contributed by atoms with van der Waals surface area (Å²) in [5.41, 5.74) is 6.95. The Hall–Kier alpha value is -4.67. The van der Waals surface area contributed by atoms with Gasteiger partial charge in [0.15, 0.2) is 11.2 Å². The summed E-state index contributed by atoms with van der Waals surface area (Å²) in [7, 11) is 0. The maximum Gasteiger partial charge on any atom is 0.337 e. The number of fused-ring (bicyclic) bond motifs is 1. The van der Waals surface area contributed by atoms with E-state index in [1.165, 1.54) is 10.8 Å². The molecule has 1 aromatic carbocycles. The second-order valence-corrected chi connectivity index (χ2v) is 8.91. The van der Waals surface area contributed by atoms with Crippen LogP contribution >= 0.6 is 0 Å². The van der Waals surface area contributed by atoms with E-state index in [0.717, 1.165) is 24.0 Å². The van der Waals surface area contributed by atoms with Crippen LogP contribution in [0.3, 0.4) is 0 Å². The zero-order valence-electron chi connectivity index (χ0n) is 20.5. The van der Waals surface area contributed by atoms with Crippen LogP contribution in [0.4, 0.5) is 5.95 Å². The lowest BCUT2D eigenvalue weighted by Gasteiger charge is -2.31. The van der Waals surface area contributed by atoms with Gasteiger partial charge in [-0.05, 0) is 38.0 Å². The monoisotopic (exact) mass is 494 g/mol. The molecule has 3 aromatic heterocycles. The molecule has 10 heteroatoms. The predicted octanol–water partition coefficient (Wildman–Crippen LogP) is 1.61. The highest BCUT2D eigenvalue weighted by Crippen LogP contribution is 2.24. The van der Waals surface area contributed by atoms with Gasteiger partial charge in [-0.25, -0.2) is 14.3 Å². The van der Waals surface area contributed by atoms with E-state index in [2.05, 4.69) is 21.7 Å². The molecule has 37 heavy (non-hydrogen) atoms. The highest BCUT2D eigenvalue weighted by Gasteiger charge is 2.27. The van der Waals surface area contributed by atoms with E-state index in [-0.39, 0.29) is 36.0 Å². The van der Waals surface area contributed by atoms with E-state index >= 15 is 0 Å². The summed E-state index contributed by atoms with van der Waals surface area (Å²) < 4.78 is 4.36. The Morgan fingerprint density at radius 1 is 1.14 bits per heavy atom. The Bertz CT molecular complexity index is 1680. The lowest BCUT2D eigenvalue weighted by Crippen LogP contribution is -2.44. The van der Waals surface area contributed by atoms with Crippen molar-refractivity contribution in [1.82, 2.24) is 23.7 Å². The molecule has 0 spiro atoms. The van der Waals surface area contributed by atoms with E-state index in [9.17, 15) is 14.9 Å². The van der Waals surface area contributed by atoms with Crippen molar-refractivity contribution >= 4 is 17.1 Å². The number of benzene rings is 1. The number of nitriles is 1. The molecule has 4 aromatic rings. The summed E-state index contributed by atoms with van der Waals surface area (Å²) in [6, 6.07) is 14.5. The standard InChI is InChI=1S/C27H26N8O2/c1-2-3-15-33-23-24(31-26(33)32-14-8-10-20(29)18-32)35(21-11-5-4-6-12-21)27(37)34(25(23)36)17-19-9-7-13-30-22(19)16-28/h4-7,9,11-13,20H,8,10,14-15,17-18,29H2,1H3. The molecule has 4 heterocycles. The van der Waals surface area contributed by atoms with Crippen molar-refractivity contribution < 1.29 is 0 Å². The number of para-hydroxylation sites is 1. The number of hydrogen-bond donors (Lipinski definition) is 1. The Kier molecular flexibility index (Phi) is 6.59. The first kappa shape index (κ1) is 24.0. The topological polar surface area (TPSA) is 128 Å². The molecule has 0 radical (unpaired) electrons. The van der Waals surface area contributed by atoms with Crippen LogP contribution in [0.25, 0.3) is 16.9 Å². The average molecular weight is 495 g/mol. The fourth-order valence-corrected chi connectivity index (χ4v) is 4.75. The van der Waals surface area contributed by atoms with Crippen molar-refractivity contribution in [1.29, 1.82) is 5.26 Å². The fourth-order valence-electron chi connectivity index (χ4n) is 4.75. The average Bonchev–Trinajstić information content (AvgIpc) is 3.30. The number of nitrogens with zero attached hydrogens (tertiary/aromatic N) is 7. The number of rotatable bonds is 5. The fraction of sp³-hybridized carbons (Fsp3) is 0.296. The minimum absolute atomic E-state index is 0.0118. The van der Waals surface area contributed by atoms with Crippen LogP contribution in [0.5, 0.6) is 0 Å². The first-order valence-corrected chi connectivity index (χ1v) is 12.1. The van der Waals surface area contributed by atoms with Gasteiger partial charge in [-0.15, -0.1) is 5.92 Å². The first-order chi connectivity index (χ1) is 18.0. The van der Waals surface area contributed by atoms with Gasteiger partial charge in [0, 0.05) is 30.9 Å². The Labute approximate surface area is 213 Å². The largest absolute Gasteiger partial charge is 0.341 e. The highest BCUT2D eigenvalue weighted by atomic mass is 16.2. The number of imidazole rings is 1. The Morgan fingerprint density at radius 3 is 2.68 bits per heavy atom. The van der Waals surface area contributed by atoms with Crippen molar-refractivity contribution in [3.63, 3.8) is 0 Å². The van der Waals surface area contributed by atoms with Gasteiger partial charge in [-0.1, -0.05) is 30.2 Å². The summed E-state index contributed by atoms with van der Waals surface area (Å²) in [5, 5.41) is 9.52. The number of aromatic nitrogens is 5. The van der Waals surface area contributed by atoms with Gasteiger partial charge >= 0.3 is 5.69 Å². The molecule has 1 saturated heterocycles. The van der Waals surface area contributed by atoms with Crippen molar-refractivity contribution in [2.75, 3.05) is 18.0 Å². The molecule has 1 aliphatic rings.